The van der Waals surface area contributed by atoms with Gasteiger partial charge in [0, 0.05) is 24.4 Å². The van der Waals surface area contributed by atoms with E-state index in [2.05, 4.69) is 15.6 Å². The van der Waals surface area contributed by atoms with Crippen molar-refractivity contribution >= 4 is 46.5 Å². The van der Waals surface area contributed by atoms with Gasteiger partial charge in [-0.1, -0.05) is 23.2 Å². The summed E-state index contributed by atoms with van der Waals surface area (Å²) in [7, 11) is 0. The molecule has 0 saturated heterocycles. The summed E-state index contributed by atoms with van der Waals surface area (Å²) in [6.07, 6.45) is 1.44. The van der Waals surface area contributed by atoms with E-state index in [-0.39, 0.29) is 11.8 Å². The lowest BCUT2D eigenvalue weighted by Crippen LogP contribution is -2.13. The van der Waals surface area contributed by atoms with E-state index in [1.54, 1.807) is 18.2 Å². The van der Waals surface area contributed by atoms with E-state index in [1.807, 2.05) is 0 Å². The third-order valence-corrected chi connectivity index (χ3v) is 3.24. The van der Waals surface area contributed by atoms with E-state index in [0.29, 0.717) is 27.1 Å². The first-order valence-corrected chi connectivity index (χ1v) is 6.71. The molecule has 0 fully saturated rings. The largest absolute Gasteiger partial charge is 0.322 e. The van der Waals surface area contributed by atoms with Crippen LogP contribution in [0.4, 0.5) is 11.5 Å². The number of anilines is 2. The summed E-state index contributed by atoms with van der Waals surface area (Å²) < 4.78 is 0. The van der Waals surface area contributed by atoms with Crippen molar-refractivity contribution in [3.8, 4) is 0 Å². The summed E-state index contributed by atoms with van der Waals surface area (Å²) in [5.41, 5.74) is 0.882. The Hall–Kier alpha value is -2.11. The van der Waals surface area contributed by atoms with E-state index in [0.717, 1.165) is 0 Å². The molecule has 0 aliphatic rings. The Bertz CT molecular complexity index is 704. The summed E-state index contributed by atoms with van der Waals surface area (Å²) in [5, 5.41) is 5.96. The summed E-state index contributed by atoms with van der Waals surface area (Å²) >= 11 is 11.7. The molecule has 0 radical (unpaired) electrons. The molecule has 1 aromatic carbocycles. The van der Waals surface area contributed by atoms with Crippen LogP contribution in [0.3, 0.4) is 0 Å². The predicted molar refractivity (Wildman–Crippen MR) is 83.0 cm³/mol. The van der Waals surface area contributed by atoms with Gasteiger partial charge in [-0.3, -0.25) is 9.59 Å². The lowest BCUT2D eigenvalue weighted by molar-refractivity contribution is -0.114. The minimum atomic E-state index is -0.345. The molecule has 7 heteroatoms. The Morgan fingerprint density at radius 1 is 1.05 bits per heavy atom. The highest BCUT2D eigenvalue weighted by Gasteiger charge is 2.09. The maximum absolute atomic E-state index is 12.1. The molecule has 2 rings (SSSR count). The van der Waals surface area contributed by atoms with Crippen molar-refractivity contribution in [2.45, 2.75) is 6.92 Å². The quantitative estimate of drug-likeness (QED) is 0.906. The molecule has 0 atom stereocenters. The second-order valence-electron chi connectivity index (χ2n) is 4.19. The summed E-state index contributed by atoms with van der Waals surface area (Å²) in [5.74, 6) is -0.295. The average molecular weight is 324 g/mol. The Kier molecular flexibility index (Phi) is 4.77. The maximum Gasteiger partial charge on any atom is 0.255 e. The molecule has 2 N–H and O–H groups in total. The number of hydrogen-bond donors (Lipinski definition) is 2. The summed E-state index contributed by atoms with van der Waals surface area (Å²) in [6, 6.07) is 7.81. The van der Waals surface area contributed by atoms with Crippen molar-refractivity contribution < 1.29 is 9.59 Å². The van der Waals surface area contributed by atoms with Gasteiger partial charge in [0.25, 0.3) is 5.91 Å². The number of halogens is 2. The number of amides is 2. The van der Waals surface area contributed by atoms with Crippen LogP contribution in [-0.2, 0) is 4.79 Å². The van der Waals surface area contributed by atoms with Crippen LogP contribution in [-0.4, -0.2) is 16.8 Å². The highest BCUT2D eigenvalue weighted by molar-refractivity contribution is 6.42. The first-order valence-electron chi connectivity index (χ1n) is 5.96. The smallest absolute Gasteiger partial charge is 0.255 e. The van der Waals surface area contributed by atoms with Crippen LogP contribution in [0.5, 0.6) is 0 Å². The number of benzene rings is 1. The zero-order chi connectivity index (χ0) is 15.4. The fourth-order valence-corrected chi connectivity index (χ4v) is 1.90. The third-order valence-electron chi connectivity index (χ3n) is 2.50. The number of nitrogens with one attached hydrogen (secondary N) is 2. The van der Waals surface area contributed by atoms with Gasteiger partial charge in [0.1, 0.15) is 5.82 Å². The first-order chi connectivity index (χ1) is 9.95. The van der Waals surface area contributed by atoms with Crippen molar-refractivity contribution in [3.05, 3.63) is 52.1 Å². The van der Waals surface area contributed by atoms with Gasteiger partial charge >= 0.3 is 0 Å². The van der Waals surface area contributed by atoms with E-state index < -0.39 is 0 Å². The van der Waals surface area contributed by atoms with Crippen LogP contribution in [0, 0.1) is 0 Å². The molecule has 0 spiro atoms. The molecule has 0 aliphatic heterocycles. The molecule has 2 amide bonds. The molecule has 1 aromatic heterocycles. The average Bonchev–Trinajstić information content (AvgIpc) is 2.42. The van der Waals surface area contributed by atoms with Crippen molar-refractivity contribution in [1.82, 2.24) is 4.98 Å². The second kappa shape index (κ2) is 6.56. The number of carbonyl (C=O) groups is 2. The topological polar surface area (TPSA) is 71.1 Å². The number of hydrogen-bond acceptors (Lipinski definition) is 3. The lowest BCUT2D eigenvalue weighted by atomic mass is 10.2. The van der Waals surface area contributed by atoms with Crippen LogP contribution in [0.25, 0.3) is 0 Å². The third kappa shape index (κ3) is 4.18. The van der Waals surface area contributed by atoms with Gasteiger partial charge < -0.3 is 10.6 Å². The summed E-state index contributed by atoms with van der Waals surface area (Å²) in [6.45, 7) is 1.37. The maximum atomic E-state index is 12.1. The molecule has 0 aliphatic carbocycles. The van der Waals surface area contributed by atoms with Crippen LogP contribution in [0.1, 0.15) is 17.3 Å². The van der Waals surface area contributed by atoms with E-state index >= 15 is 0 Å². The van der Waals surface area contributed by atoms with Gasteiger partial charge in [0.2, 0.25) is 5.91 Å². The first kappa shape index (κ1) is 15.3. The van der Waals surface area contributed by atoms with Crippen molar-refractivity contribution in [2.24, 2.45) is 0 Å². The van der Waals surface area contributed by atoms with Crippen LogP contribution < -0.4 is 10.6 Å². The highest BCUT2D eigenvalue weighted by atomic mass is 35.5. The molecule has 108 valence electrons. The van der Waals surface area contributed by atoms with Gasteiger partial charge in [0.05, 0.1) is 10.0 Å². The normalized spacial score (nSPS) is 10.0. The summed E-state index contributed by atoms with van der Waals surface area (Å²) in [4.78, 5) is 27.0. The Balaban J connectivity index is 2.16. The fourth-order valence-electron chi connectivity index (χ4n) is 1.60. The Morgan fingerprint density at radius 2 is 1.81 bits per heavy atom. The molecule has 5 nitrogen and oxygen atoms in total. The molecule has 0 unspecified atom stereocenters. The predicted octanol–water partition coefficient (Wildman–Crippen LogP) is 3.60. The Morgan fingerprint density at radius 3 is 2.48 bits per heavy atom. The van der Waals surface area contributed by atoms with E-state index in [9.17, 15) is 9.59 Å². The van der Waals surface area contributed by atoms with Gasteiger partial charge in [-0.05, 0) is 30.3 Å². The SMILES string of the molecule is CC(=O)Nc1cc(C(=O)Nc2ccc(Cl)c(Cl)c2)ccn1. The molecule has 0 saturated carbocycles. The number of carbonyl (C=O) groups excluding carboxylic acids is 2. The van der Waals surface area contributed by atoms with E-state index in [4.69, 9.17) is 23.2 Å². The van der Waals surface area contributed by atoms with Gasteiger partial charge in [-0.2, -0.15) is 0 Å². The van der Waals surface area contributed by atoms with Gasteiger partial charge in [-0.15, -0.1) is 0 Å². The minimum absolute atomic E-state index is 0.260. The zero-order valence-electron chi connectivity index (χ0n) is 11.0. The second-order valence-corrected chi connectivity index (χ2v) is 5.01. The number of pyridine rings is 1. The van der Waals surface area contributed by atoms with Crippen molar-refractivity contribution in [2.75, 3.05) is 10.6 Å². The van der Waals surface area contributed by atoms with Crippen molar-refractivity contribution in [3.63, 3.8) is 0 Å². The van der Waals surface area contributed by atoms with Crippen molar-refractivity contribution in [1.29, 1.82) is 0 Å². The van der Waals surface area contributed by atoms with Crippen LogP contribution in [0.2, 0.25) is 10.0 Å². The molecule has 2 aromatic rings. The highest BCUT2D eigenvalue weighted by Crippen LogP contribution is 2.25. The van der Waals surface area contributed by atoms with Gasteiger partial charge in [-0.25, -0.2) is 4.98 Å². The lowest BCUT2D eigenvalue weighted by Gasteiger charge is -2.07. The molecule has 21 heavy (non-hydrogen) atoms. The standard InChI is InChI=1S/C14H11Cl2N3O2/c1-8(20)18-13-6-9(4-5-17-13)14(21)19-10-2-3-11(15)12(16)7-10/h2-7H,1H3,(H,19,21)(H,17,18,20). The molecular formula is C14H11Cl2N3O2. The van der Waals surface area contributed by atoms with Crippen LogP contribution >= 0.6 is 23.2 Å². The monoisotopic (exact) mass is 323 g/mol. The van der Waals surface area contributed by atoms with E-state index in [1.165, 1.54) is 25.3 Å². The molecule has 0 bridgehead atoms. The Labute approximate surface area is 131 Å². The van der Waals surface area contributed by atoms with Gasteiger partial charge in [0.15, 0.2) is 0 Å². The number of aromatic nitrogens is 1. The minimum Gasteiger partial charge on any atom is -0.322 e. The zero-order valence-corrected chi connectivity index (χ0v) is 12.5. The van der Waals surface area contributed by atoms with Crippen LogP contribution in [0.15, 0.2) is 36.5 Å². The molecular weight excluding hydrogens is 313 g/mol. The fraction of sp³-hybridized carbons (Fsp3) is 0.0714. The molecule has 1 heterocycles. The number of nitrogens with zero attached hydrogens (tertiary/aromatic N) is 1. The number of rotatable bonds is 3.